The Morgan fingerprint density at radius 2 is 2.21 bits per heavy atom. The van der Waals surface area contributed by atoms with Crippen molar-refractivity contribution >= 4 is 27.5 Å². The fourth-order valence-electron chi connectivity index (χ4n) is 2.13. The van der Waals surface area contributed by atoms with Crippen LogP contribution < -0.4 is 11.3 Å². The van der Waals surface area contributed by atoms with E-state index in [1.54, 1.807) is 6.20 Å². The van der Waals surface area contributed by atoms with Crippen LogP contribution in [-0.4, -0.2) is 4.98 Å². The molecule has 0 fully saturated rings. The van der Waals surface area contributed by atoms with E-state index in [0.717, 1.165) is 27.6 Å². The lowest BCUT2D eigenvalue weighted by atomic mass is 9.95. The number of hydrogen-bond donors (Lipinski definition) is 2. The van der Waals surface area contributed by atoms with E-state index in [1.807, 2.05) is 30.5 Å². The highest BCUT2D eigenvalue weighted by molar-refractivity contribution is 9.10. The summed E-state index contributed by atoms with van der Waals surface area (Å²) in [6.07, 6.45) is 4.53. The number of hydrogen-bond acceptors (Lipinski definition) is 3. The number of aromatic nitrogens is 1. The highest BCUT2D eigenvalue weighted by atomic mass is 79.9. The molecule has 5 heteroatoms. The number of aryl methyl sites for hydroxylation is 1. The first-order valence-electron chi connectivity index (χ1n) is 6.01. The van der Waals surface area contributed by atoms with E-state index in [4.69, 9.17) is 17.4 Å². The predicted octanol–water partition coefficient (Wildman–Crippen LogP) is 3.61. The number of nitrogens with one attached hydrogen (secondary N) is 1. The molecule has 0 radical (unpaired) electrons. The van der Waals surface area contributed by atoms with Gasteiger partial charge >= 0.3 is 0 Å². The molecule has 0 spiro atoms. The van der Waals surface area contributed by atoms with E-state index in [2.05, 4.69) is 33.3 Å². The Kier molecular flexibility index (Phi) is 4.93. The summed E-state index contributed by atoms with van der Waals surface area (Å²) in [6.45, 7) is 2.09. The summed E-state index contributed by atoms with van der Waals surface area (Å²) < 4.78 is 0.932. The van der Waals surface area contributed by atoms with Crippen molar-refractivity contribution in [1.29, 1.82) is 0 Å². The first-order valence-corrected chi connectivity index (χ1v) is 7.19. The number of rotatable bonds is 4. The molecular weight excluding hydrogens is 326 g/mol. The Morgan fingerprint density at radius 3 is 2.84 bits per heavy atom. The minimum Gasteiger partial charge on any atom is -0.271 e. The maximum atomic E-state index is 6.31. The molecule has 1 unspecified atom stereocenters. The quantitative estimate of drug-likeness (QED) is 0.660. The van der Waals surface area contributed by atoms with Crippen molar-refractivity contribution < 1.29 is 0 Å². The van der Waals surface area contributed by atoms with Gasteiger partial charge in [0.05, 0.1) is 6.04 Å². The van der Waals surface area contributed by atoms with Gasteiger partial charge in [-0.25, -0.2) is 5.43 Å². The number of halogens is 2. The molecule has 0 amide bonds. The molecule has 3 N–H and O–H groups in total. The standard InChI is InChI=1S/C14H15BrClN3/c1-2-9-8-18-7-6-10(9)14(19-17)13-11(15)4-3-5-12(13)16/h3-8,14,19H,2,17H2,1H3. The van der Waals surface area contributed by atoms with Crippen LogP contribution in [0.4, 0.5) is 0 Å². The molecule has 19 heavy (non-hydrogen) atoms. The van der Waals surface area contributed by atoms with Gasteiger partial charge in [-0.3, -0.25) is 10.8 Å². The molecule has 0 aliphatic rings. The first kappa shape index (κ1) is 14.5. The van der Waals surface area contributed by atoms with Crippen molar-refractivity contribution in [2.45, 2.75) is 19.4 Å². The third-order valence-corrected chi connectivity index (χ3v) is 4.11. The van der Waals surface area contributed by atoms with Crippen molar-refractivity contribution in [3.63, 3.8) is 0 Å². The molecule has 1 aromatic carbocycles. The first-order chi connectivity index (χ1) is 9.19. The van der Waals surface area contributed by atoms with Gasteiger partial charge in [-0.15, -0.1) is 0 Å². The van der Waals surface area contributed by atoms with E-state index in [0.29, 0.717) is 5.02 Å². The number of nitrogens with zero attached hydrogens (tertiary/aromatic N) is 1. The van der Waals surface area contributed by atoms with E-state index >= 15 is 0 Å². The zero-order valence-electron chi connectivity index (χ0n) is 10.5. The van der Waals surface area contributed by atoms with Crippen molar-refractivity contribution in [1.82, 2.24) is 10.4 Å². The van der Waals surface area contributed by atoms with Crippen LogP contribution in [0, 0.1) is 0 Å². The van der Waals surface area contributed by atoms with Crippen LogP contribution in [0.15, 0.2) is 41.1 Å². The summed E-state index contributed by atoms with van der Waals surface area (Å²) in [5.41, 5.74) is 6.03. The summed E-state index contributed by atoms with van der Waals surface area (Å²) in [5, 5.41) is 0.677. The lowest BCUT2D eigenvalue weighted by Crippen LogP contribution is -2.30. The maximum absolute atomic E-state index is 6.31. The molecule has 0 bridgehead atoms. The highest BCUT2D eigenvalue weighted by Gasteiger charge is 2.20. The minimum absolute atomic E-state index is 0.166. The van der Waals surface area contributed by atoms with Gasteiger partial charge in [-0.05, 0) is 35.7 Å². The fraction of sp³-hybridized carbons (Fsp3) is 0.214. The van der Waals surface area contributed by atoms with Gasteiger partial charge in [0.25, 0.3) is 0 Å². The SMILES string of the molecule is CCc1cnccc1C(NN)c1c(Cl)cccc1Br. The van der Waals surface area contributed by atoms with E-state index in [1.165, 1.54) is 0 Å². The molecule has 1 aromatic heterocycles. The van der Waals surface area contributed by atoms with Gasteiger partial charge in [0.2, 0.25) is 0 Å². The van der Waals surface area contributed by atoms with Gasteiger partial charge < -0.3 is 0 Å². The highest BCUT2D eigenvalue weighted by Crippen LogP contribution is 2.34. The second kappa shape index (κ2) is 6.48. The van der Waals surface area contributed by atoms with Gasteiger partial charge in [0, 0.05) is 27.5 Å². The third kappa shape index (κ3) is 2.98. The van der Waals surface area contributed by atoms with Crippen molar-refractivity contribution in [3.05, 3.63) is 62.8 Å². The van der Waals surface area contributed by atoms with Crippen LogP contribution in [-0.2, 0) is 6.42 Å². The molecule has 0 saturated heterocycles. The number of pyridine rings is 1. The lowest BCUT2D eigenvalue weighted by molar-refractivity contribution is 0.628. The molecule has 0 saturated carbocycles. The Bertz CT molecular complexity index is 554. The van der Waals surface area contributed by atoms with E-state index in [9.17, 15) is 0 Å². The number of benzene rings is 1. The van der Waals surface area contributed by atoms with Crippen LogP contribution in [0.1, 0.15) is 29.7 Å². The van der Waals surface area contributed by atoms with Crippen LogP contribution in [0.3, 0.4) is 0 Å². The summed E-state index contributed by atoms with van der Waals surface area (Å²) >= 11 is 9.84. The van der Waals surface area contributed by atoms with Crippen LogP contribution in [0.2, 0.25) is 5.02 Å². The molecular formula is C14H15BrClN3. The van der Waals surface area contributed by atoms with E-state index < -0.39 is 0 Å². The lowest BCUT2D eigenvalue weighted by Gasteiger charge is -2.21. The molecule has 3 nitrogen and oxygen atoms in total. The monoisotopic (exact) mass is 339 g/mol. The van der Waals surface area contributed by atoms with Crippen LogP contribution in [0.25, 0.3) is 0 Å². The topological polar surface area (TPSA) is 50.9 Å². The molecule has 1 atom stereocenters. The fourth-order valence-corrected chi connectivity index (χ4v) is 3.12. The molecule has 0 aliphatic heterocycles. The summed E-state index contributed by atoms with van der Waals surface area (Å²) in [7, 11) is 0. The normalized spacial score (nSPS) is 12.4. The van der Waals surface area contributed by atoms with Crippen molar-refractivity contribution in [2.75, 3.05) is 0 Å². The Labute approximate surface area is 126 Å². The van der Waals surface area contributed by atoms with Gasteiger partial charge in [0.1, 0.15) is 0 Å². The third-order valence-electron chi connectivity index (χ3n) is 3.09. The smallest absolute Gasteiger partial charge is 0.0739 e. The molecule has 2 rings (SSSR count). The zero-order valence-corrected chi connectivity index (χ0v) is 12.9. The Balaban J connectivity index is 2.57. The molecule has 100 valence electrons. The van der Waals surface area contributed by atoms with Gasteiger partial charge in [-0.1, -0.05) is 40.5 Å². The predicted molar refractivity (Wildman–Crippen MR) is 81.9 cm³/mol. The van der Waals surface area contributed by atoms with Crippen molar-refractivity contribution in [2.24, 2.45) is 5.84 Å². The van der Waals surface area contributed by atoms with Crippen LogP contribution >= 0.6 is 27.5 Å². The largest absolute Gasteiger partial charge is 0.271 e. The zero-order chi connectivity index (χ0) is 13.8. The van der Waals surface area contributed by atoms with Crippen LogP contribution in [0.5, 0.6) is 0 Å². The summed E-state index contributed by atoms with van der Waals surface area (Å²) in [6, 6.07) is 7.52. The van der Waals surface area contributed by atoms with Gasteiger partial charge in [-0.2, -0.15) is 0 Å². The molecule has 2 aromatic rings. The minimum atomic E-state index is -0.166. The Hall–Kier alpha value is -0.940. The van der Waals surface area contributed by atoms with Crippen molar-refractivity contribution in [3.8, 4) is 0 Å². The summed E-state index contributed by atoms with van der Waals surface area (Å²) in [5.74, 6) is 5.75. The maximum Gasteiger partial charge on any atom is 0.0739 e. The average molecular weight is 341 g/mol. The number of nitrogens with two attached hydrogens (primary N) is 1. The summed E-state index contributed by atoms with van der Waals surface area (Å²) in [4.78, 5) is 4.16. The number of hydrazine groups is 1. The Morgan fingerprint density at radius 1 is 1.42 bits per heavy atom. The average Bonchev–Trinajstić information content (AvgIpc) is 2.43. The molecule has 0 aliphatic carbocycles. The molecule has 1 heterocycles. The van der Waals surface area contributed by atoms with E-state index in [-0.39, 0.29) is 6.04 Å². The van der Waals surface area contributed by atoms with Gasteiger partial charge in [0.15, 0.2) is 0 Å². The second-order valence-corrected chi connectivity index (χ2v) is 5.42. The second-order valence-electron chi connectivity index (χ2n) is 4.16.